The third-order valence-electron chi connectivity index (χ3n) is 1.16. The number of nitrogens with two attached hydrogens (primary N) is 1. The maximum Gasteiger partial charge on any atom is 0.276 e. The Labute approximate surface area is 67.4 Å². The SMILES string of the molecule is N#Cc1cc([N+](=O)[O-])cc(N)n1. The molecule has 0 atom stereocenters. The maximum atomic E-state index is 10.2. The summed E-state index contributed by atoms with van der Waals surface area (Å²) in [6.07, 6.45) is 0. The Bertz CT molecular complexity index is 368. The molecule has 0 aliphatic rings. The largest absolute Gasteiger partial charge is 0.383 e. The fourth-order valence-corrected chi connectivity index (χ4v) is 0.700. The molecule has 0 bridgehead atoms. The molecule has 1 heterocycles. The van der Waals surface area contributed by atoms with E-state index < -0.39 is 4.92 Å². The molecular formula is C6H4N4O2. The van der Waals surface area contributed by atoms with E-state index in [1.54, 1.807) is 6.07 Å². The smallest absolute Gasteiger partial charge is 0.276 e. The second-order valence-electron chi connectivity index (χ2n) is 2.00. The van der Waals surface area contributed by atoms with Gasteiger partial charge in [0.05, 0.1) is 17.1 Å². The lowest BCUT2D eigenvalue weighted by Crippen LogP contribution is -1.96. The van der Waals surface area contributed by atoms with Crippen molar-refractivity contribution < 1.29 is 4.92 Å². The Morgan fingerprint density at radius 3 is 2.83 bits per heavy atom. The molecule has 0 aliphatic heterocycles. The summed E-state index contributed by atoms with van der Waals surface area (Å²) in [4.78, 5) is 13.2. The second-order valence-corrected chi connectivity index (χ2v) is 2.00. The van der Waals surface area contributed by atoms with Gasteiger partial charge >= 0.3 is 0 Å². The first-order valence-corrected chi connectivity index (χ1v) is 2.95. The quantitative estimate of drug-likeness (QED) is 0.478. The first-order valence-electron chi connectivity index (χ1n) is 2.95. The molecule has 0 unspecified atom stereocenters. The van der Waals surface area contributed by atoms with Crippen LogP contribution in [0.15, 0.2) is 12.1 Å². The Kier molecular flexibility index (Phi) is 1.88. The number of anilines is 1. The van der Waals surface area contributed by atoms with Crippen molar-refractivity contribution in [3.63, 3.8) is 0 Å². The lowest BCUT2D eigenvalue weighted by atomic mass is 10.3. The zero-order valence-corrected chi connectivity index (χ0v) is 5.89. The molecule has 6 heteroatoms. The predicted molar refractivity (Wildman–Crippen MR) is 40.0 cm³/mol. The van der Waals surface area contributed by atoms with Gasteiger partial charge < -0.3 is 5.73 Å². The summed E-state index contributed by atoms with van der Waals surface area (Å²) in [5, 5.41) is 18.6. The van der Waals surface area contributed by atoms with Crippen molar-refractivity contribution in [3.05, 3.63) is 27.9 Å². The number of hydrogen-bond donors (Lipinski definition) is 1. The number of hydrogen-bond acceptors (Lipinski definition) is 5. The van der Waals surface area contributed by atoms with Gasteiger partial charge in [0.1, 0.15) is 17.6 Å². The molecule has 12 heavy (non-hydrogen) atoms. The van der Waals surface area contributed by atoms with Crippen LogP contribution in [0.2, 0.25) is 0 Å². The third-order valence-corrected chi connectivity index (χ3v) is 1.16. The highest BCUT2D eigenvalue weighted by Crippen LogP contribution is 2.14. The number of nitrogen functional groups attached to an aromatic ring is 1. The molecule has 1 aromatic rings. The zero-order valence-electron chi connectivity index (χ0n) is 5.89. The maximum absolute atomic E-state index is 10.2. The van der Waals surface area contributed by atoms with Crippen LogP contribution in [0.1, 0.15) is 5.69 Å². The minimum absolute atomic E-state index is 0.0271. The van der Waals surface area contributed by atoms with Gasteiger partial charge in [0, 0.05) is 0 Å². The van der Waals surface area contributed by atoms with Gasteiger partial charge in [0.15, 0.2) is 0 Å². The van der Waals surface area contributed by atoms with E-state index in [4.69, 9.17) is 11.0 Å². The summed E-state index contributed by atoms with van der Waals surface area (Å²) in [7, 11) is 0. The standard InChI is InChI=1S/C6H4N4O2/c7-3-4-1-5(10(11)12)2-6(8)9-4/h1-2H,(H2,8,9). The van der Waals surface area contributed by atoms with Gasteiger partial charge in [0.25, 0.3) is 5.69 Å². The van der Waals surface area contributed by atoms with E-state index in [1.165, 1.54) is 0 Å². The topological polar surface area (TPSA) is 106 Å². The van der Waals surface area contributed by atoms with Crippen LogP contribution in [0.25, 0.3) is 0 Å². The zero-order chi connectivity index (χ0) is 9.14. The molecule has 0 radical (unpaired) electrons. The van der Waals surface area contributed by atoms with Crippen LogP contribution in [-0.4, -0.2) is 9.91 Å². The molecule has 6 nitrogen and oxygen atoms in total. The molecular weight excluding hydrogens is 160 g/mol. The van der Waals surface area contributed by atoms with Crippen LogP contribution in [0.3, 0.4) is 0 Å². The number of nitro groups is 1. The molecule has 2 N–H and O–H groups in total. The molecule has 0 saturated carbocycles. The minimum Gasteiger partial charge on any atom is -0.383 e. The summed E-state index contributed by atoms with van der Waals surface area (Å²) in [5.74, 6) is -0.0271. The molecule has 60 valence electrons. The van der Waals surface area contributed by atoms with E-state index in [1.807, 2.05) is 0 Å². The molecule has 1 aromatic heterocycles. The Morgan fingerprint density at radius 1 is 1.67 bits per heavy atom. The molecule has 0 fully saturated rings. The van der Waals surface area contributed by atoms with Gasteiger partial charge in [-0.1, -0.05) is 0 Å². The summed E-state index contributed by atoms with van der Waals surface area (Å²) in [5.41, 5.74) is 4.93. The minimum atomic E-state index is -0.626. The van der Waals surface area contributed by atoms with Crippen LogP contribution in [0.4, 0.5) is 11.5 Å². The van der Waals surface area contributed by atoms with Gasteiger partial charge in [-0.2, -0.15) is 5.26 Å². The molecule has 0 aromatic carbocycles. The highest BCUT2D eigenvalue weighted by Gasteiger charge is 2.08. The lowest BCUT2D eigenvalue weighted by molar-refractivity contribution is -0.384. The van der Waals surface area contributed by atoms with Crippen LogP contribution in [0.5, 0.6) is 0 Å². The van der Waals surface area contributed by atoms with Crippen molar-refractivity contribution in [1.29, 1.82) is 5.26 Å². The van der Waals surface area contributed by atoms with Gasteiger partial charge in [-0.3, -0.25) is 10.1 Å². The van der Waals surface area contributed by atoms with Crippen molar-refractivity contribution in [2.45, 2.75) is 0 Å². The number of aromatic nitrogens is 1. The van der Waals surface area contributed by atoms with Crippen LogP contribution in [-0.2, 0) is 0 Å². The average Bonchev–Trinajstić information content (AvgIpc) is 2.03. The summed E-state index contributed by atoms with van der Waals surface area (Å²) < 4.78 is 0. The second kappa shape index (κ2) is 2.84. The summed E-state index contributed by atoms with van der Waals surface area (Å²) >= 11 is 0. The summed E-state index contributed by atoms with van der Waals surface area (Å²) in [6.45, 7) is 0. The highest BCUT2D eigenvalue weighted by molar-refractivity contribution is 5.46. The Balaban J connectivity index is 3.26. The number of nitriles is 1. The first kappa shape index (κ1) is 7.94. The highest BCUT2D eigenvalue weighted by atomic mass is 16.6. The summed E-state index contributed by atoms with van der Waals surface area (Å²) in [6, 6.07) is 3.83. The normalized spacial score (nSPS) is 8.92. The molecule has 0 aliphatic carbocycles. The van der Waals surface area contributed by atoms with Gasteiger partial charge in [-0.05, 0) is 0 Å². The Hall–Kier alpha value is -2.16. The van der Waals surface area contributed by atoms with Crippen LogP contribution in [0, 0.1) is 21.4 Å². The number of nitrogens with zero attached hydrogens (tertiary/aromatic N) is 3. The molecule has 0 amide bonds. The van der Waals surface area contributed by atoms with Crippen molar-refractivity contribution >= 4 is 11.5 Å². The van der Waals surface area contributed by atoms with E-state index in [9.17, 15) is 10.1 Å². The molecule has 0 saturated heterocycles. The van der Waals surface area contributed by atoms with E-state index in [0.717, 1.165) is 12.1 Å². The first-order chi connectivity index (χ1) is 5.63. The molecule has 0 spiro atoms. The number of rotatable bonds is 1. The van der Waals surface area contributed by atoms with Crippen molar-refractivity contribution in [3.8, 4) is 6.07 Å². The van der Waals surface area contributed by atoms with Gasteiger partial charge in [-0.25, -0.2) is 4.98 Å². The van der Waals surface area contributed by atoms with Crippen molar-refractivity contribution in [2.24, 2.45) is 0 Å². The van der Waals surface area contributed by atoms with E-state index in [2.05, 4.69) is 4.98 Å². The van der Waals surface area contributed by atoms with Crippen molar-refractivity contribution in [2.75, 3.05) is 5.73 Å². The number of pyridine rings is 1. The van der Waals surface area contributed by atoms with Crippen LogP contribution >= 0.6 is 0 Å². The average molecular weight is 164 g/mol. The van der Waals surface area contributed by atoms with Crippen LogP contribution < -0.4 is 5.73 Å². The van der Waals surface area contributed by atoms with E-state index >= 15 is 0 Å². The fraction of sp³-hybridized carbons (Fsp3) is 0. The van der Waals surface area contributed by atoms with Gasteiger partial charge in [0.2, 0.25) is 0 Å². The van der Waals surface area contributed by atoms with E-state index in [-0.39, 0.29) is 17.2 Å². The fourth-order valence-electron chi connectivity index (χ4n) is 0.700. The monoisotopic (exact) mass is 164 g/mol. The lowest BCUT2D eigenvalue weighted by Gasteiger charge is -1.93. The molecule has 1 rings (SSSR count). The third kappa shape index (κ3) is 1.46. The van der Waals surface area contributed by atoms with Crippen molar-refractivity contribution in [1.82, 2.24) is 4.98 Å². The van der Waals surface area contributed by atoms with E-state index in [0.29, 0.717) is 0 Å². The predicted octanol–water partition coefficient (Wildman–Crippen LogP) is 0.444. The van der Waals surface area contributed by atoms with Gasteiger partial charge in [-0.15, -0.1) is 0 Å². The Morgan fingerprint density at radius 2 is 2.33 bits per heavy atom.